The summed E-state index contributed by atoms with van der Waals surface area (Å²) >= 11 is 0. The highest BCUT2D eigenvalue weighted by atomic mass is 16.9. The number of anilines is 1. The zero-order valence-electron chi connectivity index (χ0n) is 17.5. The second-order valence-corrected chi connectivity index (χ2v) is 7.06. The van der Waals surface area contributed by atoms with Gasteiger partial charge in [-0.2, -0.15) is 0 Å². The molecule has 0 radical (unpaired) electrons. The number of aromatic nitrogens is 1. The van der Waals surface area contributed by atoms with E-state index in [2.05, 4.69) is 10.2 Å². The van der Waals surface area contributed by atoms with E-state index in [-0.39, 0.29) is 25.1 Å². The van der Waals surface area contributed by atoms with E-state index in [0.717, 1.165) is 37.9 Å². The summed E-state index contributed by atoms with van der Waals surface area (Å²) in [6.07, 6.45) is 6.77. The Morgan fingerprint density at radius 2 is 1.68 bits per heavy atom. The number of para-hydroxylation sites is 1. The first-order valence-electron chi connectivity index (χ1n) is 10.5. The van der Waals surface area contributed by atoms with Crippen molar-refractivity contribution in [1.82, 2.24) is 4.57 Å². The summed E-state index contributed by atoms with van der Waals surface area (Å²) in [7, 11) is 0. The van der Waals surface area contributed by atoms with Crippen molar-refractivity contribution < 1.29 is 24.3 Å². The molecule has 2 aromatic rings. The van der Waals surface area contributed by atoms with Gasteiger partial charge in [0.2, 0.25) is 0 Å². The normalized spacial score (nSPS) is 10.5. The van der Waals surface area contributed by atoms with Gasteiger partial charge in [0.25, 0.3) is 11.0 Å². The van der Waals surface area contributed by atoms with Crippen LogP contribution < -0.4 is 5.32 Å². The number of benzene rings is 1. The minimum atomic E-state index is -0.831. The Morgan fingerprint density at radius 1 is 0.935 bits per heavy atom. The van der Waals surface area contributed by atoms with Crippen LogP contribution in [0.3, 0.4) is 0 Å². The lowest BCUT2D eigenvalue weighted by Gasteiger charge is -2.10. The first kappa shape index (κ1) is 23.9. The molecule has 168 valence electrons. The monoisotopic (exact) mass is 431 g/mol. The van der Waals surface area contributed by atoms with Gasteiger partial charge < -0.3 is 19.5 Å². The molecule has 1 heterocycles. The zero-order valence-corrected chi connectivity index (χ0v) is 17.5. The van der Waals surface area contributed by atoms with Gasteiger partial charge in [0, 0.05) is 24.8 Å². The lowest BCUT2D eigenvalue weighted by Crippen LogP contribution is -2.16. The Bertz CT molecular complexity index is 822. The molecule has 1 N–H and O–H groups in total. The molecule has 2 rings (SSSR count). The first-order chi connectivity index (χ1) is 15.1. The summed E-state index contributed by atoms with van der Waals surface area (Å²) in [4.78, 5) is 38.3. The Labute approximate surface area is 181 Å². The van der Waals surface area contributed by atoms with Crippen molar-refractivity contribution in [2.45, 2.75) is 51.5 Å². The van der Waals surface area contributed by atoms with Gasteiger partial charge in [0.05, 0.1) is 13.2 Å². The number of unbranched alkanes of at least 4 members (excludes halogenated alkanes) is 4. The van der Waals surface area contributed by atoms with Crippen LogP contribution in [-0.4, -0.2) is 34.7 Å². The molecule has 0 bridgehead atoms. The predicted octanol–water partition coefficient (Wildman–Crippen LogP) is 4.22. The number of nitrogens with one attached hydrogen (secondary N) is 1. The number of carbonyl (C=O) groups excluding carboxylic acids is 2. The Kier molecular flexibility index (Phi) is 10.6. The number of hydrogen-bond acceptors (Lipinski definition) is 6. The van der Waals surface area contributed by atoms with Crippen molar-refractivity contribution >= 4 is 17.6 Å². The molecular formula is C22H29N3O6. The van der Waals surface area contributed by atoms with E-state index in [1.165, 1.54) is 0 Å². The third-order valence-corrected chi connectivity index (χ3v) is 4.62. The van der Waals surface area contributed by atoms with Gasteiger partial charge in [0.15, 0.2) is 0 Å². The molecule has 1 aromatic heterocycles. The van der Waals surface area contributed by atoms with Gasteiger partial charge in [-0.15, -0.1) is 10.1 Å². The molecule has 31 heavy (non-hydrogen) atoms. The summed E-state index contributed by atoms with van der Waals surface area (Å²) in [5.74, 6) is -0.385. The maximum Gasteiger partial charge on any atom is 0.305 e. The minimum absolute atomic E-state index is 0.0155. The number of amides is 1. The molecule has 1 aromatic carbocycles. The highest BCUT2D eigenvalue weighted by Crippen LogP contribution is 2.12. The molecule has 0 saturated heterocycles. The van der Waals surface area contributed by atoms with Crippen molar-refractivity contribution in [2.75, 3.05) is 18.5 Å². The lowest BCUT2D eigenvalue weighted by molar-refractivity contribution is -0.757. The lowest BCUT2D eigenvalue weighted by atomic mass is 10.1. The van der Waals surface area contributed by atoms with Crippen LogP contribution in [0.1, 0.15) is 55.4 Å². The van der Waals surface area contributed by atoms with Crippen LogP contribution in [0, 0.1) is 10.1 Å². The number of hydrogen-bond donors (Lipinski definition) is 1. The maximum atomic E-state index is 12.5. The van der Waals surface area contributed by atoms with Crippen LogP contribution in [0.15, 0.2) is 48.7 Å². The highest BCUT2D eigenvalue weighted by molar-refractivity contribution is 6.03. The molecule has 0 fully saturated rings. The second kappa shape index (κ2) is 13.8. The van der Waals surface area contributed by atoms with E-state index >= 15 is 0 Å². The Morgan fingerprint density at radius 3 is 2.45 bits per heavy atom. The molecule has 0 unspecified atom stereocenters. The third-order valence-electron chi connectivity index (χ3n) is 4.62. The predicted molar refractivity (Wildman–Crippen MR) is 115 cm³/mol. The van der Waals surface area contributed by atoms with Crippen LogP contribution in [-0.2, 0) is 20.9 Å². The standard InChI is InChI=1S/C22H29N3O6/c26-21(30-17-8-9-18-31-25(28)29)14-6-1-2-7-15-24-16-10-13-20(24)22(27)23-19-11-4-3-5-12-19/h3-5,10-13,16H,1-2,6-9,14-15,17-18H2,(H,23,27). The molecule has 0 aliphatic heterocycles. The summed E-state index contributed by atoms with van der Waals surface area (Å²) in [5.41, 5.74) is 1.38. The largest absolute Gasteiger partial charge is 0.466 e. The minimum Gasteiger partial charge on any atom is -0.466 e. The average molecular weight is 431 g/mol. The fraction of sp³-hybridized carbons (Fsp3) is 0.455. The molecule has 9 nitrogen and oxygen atoms in total. The van der Waals surface area contributed by atoms with E-state index in [9.17, 15) is 19.7 Å². The molecule has 0 saturated carbocycles. The van der Waals surface area contributed by atoms with Crippen LogP contribution >= 0.6 is 0 Å². The van der Waals surface area contributed by atoms with Gasteiger partial charge in [-0.05, 0) is 49.9 Å². The van der Waals surface area contributed by atoms with E-state index < -0.39 is 5.09 Å². The van der Waals surface area contributed by atoms with Crippen LogP contribution in [0.4, 0.5) is 5.69 Å². The summed E-state index contributed by atoms with van der Waals surface area (Å²) in [6.45, 7) is 1.00. The van der Waals surface area contributed by atoms with Gasteiger partial charge >= 0.3 is 5.97 Å². The number of esters is 1. The molecule has 0 aliphatic carbocycles. The molecule has 0 aliphatic rings. The Hall–Kier alpha value is -3.36. The highest BCUT2D eigenvalue weighted by Gasteiger charge is 2.11. The van der Waals surface area contributed by atoms with Gasteiger partial charge in [-0.1, -0.05) is 31.0 Å². The van der Waals surface area contributed by atoms with E-state index in [0.29, 0.717) is 25.0 Å². The number of nitrogens with zero attached hydrogens (tertiary/aromatic N) is 2. The van der Waals surface area contributed by atoms with Gasteiger partial charge in [-0.3, -0.25) is 9.59 Å². The summed E-state index contributed by atoms with van der Waals surface area (Å²) in [5, 5.41) is 12.1. The third kappa shape index (κ3) is 9.79. The molecule has 1 amide bonds. The number of ether oxygens (including phenoxy) is 1. The molecule has 0 spiro atoms. The number of carbonyl (C=O) groups is 2. The first-order valence-corrected chi connectivity index (χ1v) is 10.5. The fourth-order valence-corrected chi connectivity index (χ4v) is 3.04. The van der Waals surface area contributed by atoms with Crippen molar-refractivity contribution in [3.63, 3.8) is 0 Å². The average Bonchev–Trinajstić information content (AvgIpc) is 3.22. The topological polar surface area (TPSA) is 113 Å². The smallest absolute Gasteiger partial charge is 0.305 e. The van der Waals surface area contributed by atoms with Crippen molar-refractivity contribution in [1.29, 1.82) is 0 Å². The Balaban J connectivity index is 1.54. The number of aryl methyl sites for hydroxylation is 1. The van der Waals surface area contributed by atoms with Crippen molar-refractivity contribution in [3.8, 4) is 0 Å². The maximum absolute atomic E-state index is 12.5. The molecular weight excluding hydrogens is 402 g/mol. The zero-order chi connectivity index (χ0) is 22.3. The van der Waals surface area contributed by atoms with Crippen LogP contribution in [0.5, 0.6) is 0 Å². The van der Waals surface area contributed by atoms with E-state index in [1.54, 1.807) is 6.07 Å². The van der Waals surface area contributed by atoms with Crippen molar-refractivity contribution in [2.24, 2.45) is 0 Å². The van der Waals surface area contributed by atoms with Gasteiger partial charge in [-0.25, -0.2) is 0 Å². The van der Waals surface area contributed by atoms with Crippen LogP contribution in [0.25, 0.3) is 0 Å². The quantitative estimate of drug-likeness (QED) is 0.195. The SMILES string of the molecule is O=C(CCCCCCn1cccc1C(=O)Nc1ccccc1)OCCCCO[N+](=O)[O-]. The van der Waals surface area contributed by atoms with Gasteiger partial charge in [0.1, 0.15) is 5.69 Å². The van der Waals surface area contributed by atoms with E-state index in [4.69, 9.17) is 4.74 Å². The molecule has 0 atom stereocenters. The summed E-state index contributed by atoms with van der Waals surface area (Å²) < 4.78 is 7.03. The molecule has 9 heteroatoms. The second-order valence-electron chi connectivity index (χ2n) is 7.06. The fourth-order valence-electron chi connectivity index (χ4n) is 3.04. The summed E-state index contributed by atoms with van der Waals surface area (Å²) in [6, 6.07) is 13.0. The number of rotatable bonds is 15. The van der Waals surface area contributed by atoms with Crippen LogP contribution in [0.2, 0.25) is 0 Å². The van der Waals surface area contributed by atoms with Crippen molar-refractivity contribution in [3.05, 3.63) is 64.5 Å². The van der Waals surface area contributed by atoms with E-state index in [1.807, 2.05) is 47.2 Å².